The van der Waals surface area contributed by atoms with E-state index in [0.29, 0.717) is 0 Å². The number of benzene rings is 1. The van der Waals surface area contributed by atoms with Crippen LogP contribution in [0.2, 0.25) is 0 Å². The number of unbranched alkanes of at least 4 members (excludes halogenated alkanes) is 3. The van der Waals surface area contributed by atoms with Crippen LogP contribution < -0.4 is 9.64 Å². The van der Waals surface area contributed by atoms with Crippen molar-refractivity contribution in [3.63, 3.8) is 0 Å². The van der Waals surface area contributed by atoms with Gasteiger partial charge < -0.3 is 9.64 Å². The van der Waals surface area contributed by atoms with E-state index in [1.165, 1.54) is 69.3 Å². The first-order valence-corrected chi connectivity index (χ1v) is 8.29. The van der Waals surface area contributed by atoms with Gasteiger partial charge in [0.05, 0.1) is 26.2 Å². The molecule has 0 spiro atoms. The van der Waals surface area contributed by atoms with Gasteiger partial charge in [-0.2, -0.15) is 0 Å². The van der Waals surface area contributed by atoms with Crippen LogP contribution in [0.4, 0.5) is 0 Å². The Bertz CT molecular complexity index is 396. The van der Waals surface area contributed by atoms with Crippen molar-refractivity contribution in [2.75, 3.05) is 26.2 Å². The number of hydrogen-bond donors (Lipinski definition) is 1. The van der Waals surface area contributed by atoms with Crippen molar-refractivity contribution in [2.45, 2.75) is 52.4 Å². The predicted molar refractivity (Wildman–Crippen MR) is 84.7 cm³/mol. The van der Waals surface area contributed by atoms with Gasteiger partial charge in [0.1, 0.15) is 5.75 Å². The Labute approximate surface area is 124 Å². The van der Waals surface area contributed by atoms with Crippen LogP contribution in [0.15, 0.2) is 18.2 Å². The monoisotopic (exact) mass is 276 g/mol. The molecule has 20 heavy (non-hydrogen) atoms. The maximum atomic E-state index is 5.89. The Morgan fingerprint density at radius 3 is 2.55 bits per heavy atom. The standard InChI is InChI=1S/C18H29NO/c1-16-9-10-17(2)18(15-16)20-14-8-4-3-5-11-19-12-6-7-13-19/h9-10,15H,3-8,11-14H2,1-2H3/p+1. The highest BCUT2D eigenvalue weighted by molar-refractivity contribution is 5.35. The third kappa shape index (κ3) is 5.16. The summed E-state index contributed by atoms with van der Waals surface area (Å²) >= 11 is 0. The summed E-state index contributed by atoms with van der Waals surface area (Å²) < 4.78 is 5.89. The third-order valence-corrected chi connectivity index (χ3v) is 4.34. The normalized spacial score (nSPS) is 15.7. The first-order valence-electron chi connectivity index (χ1n) is 8.29. The minimum absolute atomic E-state index is 0.862. The smallest absolute Gasteiger partial charge is 0.122 e. The molecule has 1 aliphatic rings. The summed E-state index contributed by atoms with van der Waals surface area (Å²) in [6.07, 6.45) is 8.12. The number of hydrogen-bond acceptors (Lipinski definition) is 1. The second kappa shape index (κ2) is 8.31. The molecule has 0 unspecified atom stereocenters. The molecule has 0 aliphatic carbocycles. The van der Waals surface area contributed by atoms with Crippen LogP contribution in [0.1, 0.15) is 49.7 Å². The molecule has 1 aromatic carbocycles. The van der Waals surface area contributed by atoms with Crippen molar-refractivity contribution in [2.24, 2.45) is 0 Å². The van der Waals surface area contributed by atoms with Gasteiger partial charge in [0.2, 0.25) is 0 Å². The van der Waals surface area contributed by atoms with Crippen LogP contribution in [-0.4, -0.2) is 26.2 Å². The minimum atomic E-state index is 0.862. The van der Waals surface area contributed by atoms with Gasteiger partial charge in [-0.3, -0.25) is 0 Å². The number of nitrogens with one attached hydrogen (secondary N) is 1. The molecule has 0 saturated carbocycles. The zero-order valence-corrected chi connectivity index (χ0v) is 13.2. The number of aryl methyl sites for hydroxylation is 2. The Balaban J connectivity index is 1.51. The average molecular weight is 276 g/mol. The second-order valence-corrected chi connectivity index (χ2v) is 6.24. The van der Waals surface area contributed by atoms with Gasteiger partial charge in [0.15, 0.2) is 0 Å². The Hall–Kier alpha value is -1.02. The van der Waals surface area contributed by atoms with E-state index in [9.17, 15) is 0 Å². The summed E-state index contributed by atoms with van der Waals surface area (Å²) in [6.45, 7) is 9.31. The summed E-state index contributed by atoms with van der Waals surface area (Å²) in [5, 5.41) is 0. The average Bonchev–Trinajstić information content (AvgIpc) is 2.94. The lowest BCUT2D eigenvalue weighted by molar-refractivity contribution is -0.887. The van der Waals surface area contributed by atoms with Crippen LogP contribution >= 0.6 is 0 Å². The molecule has 1 fully saturated rings. The summed E-state index contributed by atoms with van der Waals surface area (Å²) in [5.41, 5.74) is 2.52. The molecule has 0 aromatic heterocycles. The first kappa shape index (κ1) is 15.4. The van der Waals surface area contributed by atoms with E-state index in [1.54, 1.807) is 0 Å². The van der Waals surface area contributed by atoms with Crippen LogP contribution in [0.25, 0.3) is 0 Å². The maximum absolute atomic E-state index is 5.89. The lowest BCUT2D eigenvalue weighted by Gasteiger charge is -2.12. The fourth-order valence-electron chi connectivity index (χ4n) is 3.00. The highest BCUT2D eigenvalue weighted by Crippen LogP contribution is 2.19. The van der Waals surface area contributed by atoms with Crippen molar-refractivity contribution in [1.29, 1.82) is 0 Å². The van der Waals surface area contributed by atoms with Crippen molar-refractivity contribution < 1.29 is 9.64 Å². The van der Waals surface area contributed by atoms with Gasteiger partial charge in [-0.25, -0.2) is 0 Å². The molecule has 112 valence electrons. The van der Waals surface area contributed by atoms with E-state index in [1.807, 2.05) is 4.90 Å². The first-order chi connectivity index (χ1) is 9.75. The topological polar surface area (TPSA) is 13.7 Å². The Kier molecular flexibility index (Phi) is 6.38. The Morgan fingerprint density at radius 1 is 1.00 bits per heavy atom. The van der Waals surface area contributed by atoms with Crippen LogP contribution in [0.5, 0.6) is 5.75 Å². The largest absolute Gasteiger partial charge is 0.493 e. The van der Waals surface area contributed by atoms with Gasteiger partial charge in [0, 0.05) is 12.8 Å². The molecule has 0 bridgehead atoms. The molecule has 2 nitrogen and oxygen atoms in total. The lowest BCUT2D eigenvalue weighted by Crippen LogP contribution is -3.09. The van der Waals surface area contributed by atoms with E-state index in [0.717, 1.165) is 12.4 Å². The van der Waals surface area contributed by atoms with Crippen LogP contribution in [-0.2, 0) is 0 Å². The maximum Gasteiger partial charge on any atom is 0.122 e. The minimum Gasteiger partial charge on any atom is -0.493 e. The molecule has 1 aromatic rings. The van der Waals surface area contributed by atoms with Crippen molar-refractivity contribution in [3.8, 4) is 5.75 Å². The summed E-state index contributed by atoms with van der Waals surface area (Å²) in [5.74, 6) is 1.06. The fraction of sp³-hybridized carbons (Fsp3) is 0.667. The fourth-order valence-corrected chi connectivity index (χ4v) is 3.00. The van der Waals surface area contributed by atoms with Crippen molar-refractivity contribution in [1.82, 2.24) is 0 Å². The summed E-state index contributed by atoms with van der Waals surface area (Å²) in [7, 11) is 0. The van der Waals surface area contributed by atoms with Gasteiger partial charge in [0.25, 0.3) is 0 Å². The molecule has 0 amide bonds. The lowest BCUT2D eigenvalue weighted by atomic mass is 10.1. The zero-order chi connectivity index (χ0) is 14.2. The van der Waals surface area contributed by atoms with Gasteiger partial charge >= 0.3 is 0 Å². The number of rotatable bonds is 8. The van der Waals surface area contributed by atoms with Crippen molar-refractivity contribution in [3.05, 3.63) is 29.3 Å². The molecule has 0 atom stereocenters. The molecular weight excluding hydrogens is 246 g/mol. The van der Waals surface area contributed by atoms with Gasteiger partial charge in [-0.15, -0.1) is 0 Å². The summed E-state index contributed by atoms with van der Waals surface area (Å²) in [4.78, 5) is 1.83. The predicted octanol–water partition coefficient (Wildman–Crippen LogP) is 2.92. The van der Waals surface area contributed by atoms with E-state index in [4.69, 9.17) is 4.74 Å². The van der Waals surface area contributed by atoms with Crippen molar-refractivity contribution >= 4 is 0 Å². The van der Waals surface area contributed by atoms with Gasteiger partial charge in [-0.1, -0.05) is 12.1 Å². The number of quaternary nitrogens is 1. The third-order valence-electron chi connectivity index (χ3n) is 4.34. The zero-order valence-electron chi connectivity index (χ0n) is 13.2. The quantitative estimate of drug-likeness (QED) is 0.721. The van der Waals surface area contributed by atoms with Crippen LogP contribution in [0.3, 0.4) is 0 Å². The molecule has 2 heteroatoms. The SMILES string of the molecule is Cc1ccc(C)c(OCCCCCC[NH+]2CCCC2)c1. The molecular formula is C18H30NO+. The number of likely N-dealkylation sites (tertiary alicyclic amines) is 1. The number of ether oxygens (including phenoxy) is 1. The second-order valence-electron chi connectivity index (χ2n) is 6.24. The van der Waals surface area contributed by atoms with E-state index < -0.39 is 0 Å². The molecule has 2 rings (SSSR count). The highest BCUT2D eigenvalue weighted by Gasteiger charge is 2.13. The highest BCUT2D eigenvalue weighted by atomic mass is 16.5. The van der Waals surface area contributed by atoms with Crippen LogP contribution in [0, 0.1) is 13.8 Å². The van der Waals surface area contributed by atoms with E-state index in [2.05, 4.69) is 32.0 Å². The van der Waals surface area contributed by atoms with E-state index in [-0.39, 0.29) is 0 Å². The molecule has 1 aliphatic heterocycles. The summed E-state index contributed by atoms with van der Waals surface area (Å²) in [6, 6.07) is 6.43. The molecule has 1 saturated heterocycles. The molecule has 0 radical (unpaired) electrons. The van der Waals surface area contributed by atoms with Gasteiger partial charge in [-0.05, 0) is 56.7 Å². The Morgan fingerprint density at radius 2 is 1.75 bits per heavy atom. The molecule has 1 N–H and O–H groups in total. The molecule has 1 heterocycles. The van der Waals surface area contributed by atoms with E-state index >= 15 is 0 Å².